The minimum Gasteiger partial charge on any atom is -0.272 e. The normalized spacial score (nSPS) is 11.2. The molecule has 0 fully saturated rings. The molecular formula is C9H13ClN2. The van der Waals surface area contributed by atoms with E-state index in [4.69, 9.17) is 11.6 Å². The number of halogens is 1. The van der Waals surface area contributed by atoms with Crippen LogP contribution in [0.3, 0.4) is 0 Å². The second kappa shape index (κ2) is 4.99. The van der Waals surface area contributed by atoms with Gasteiger partial charge in [0.15, 0.2) is 0 Å². The zero-order chi connectivity index (χ0) is 8.81. The minimum atomic E-state index is 0.555. The van der Waals surface area contributed by atoms with Crippen molar-refractivity contribution in [3.8, 4) is 0 Å². The maximum atomic E-state index is 5.51. The van der Waals surface area contributed by atoms with Crippen LogP contribution < -0.4 is 0 Å². The van der Waals surface area contributed by atoms with Crippen molar-refractivity contribution in [3.05, 3.63) is 24.0 Å². The lowest BCUT2D eigenvalue weighted by Crippen LogP contribution is -1.95. The monoisotopic (exact) mass is 184 g/mol. The Morgan fingerprint density at radius 1 is 1.67 bits per heavy atom. The standard InChI is InChI=1S/C9H13ClN2/c1-2-6-12-8-9(7-11-12)4-3-5-10/h3-4,7-8H,2,5-6H2,1H3/b4-3+. The number of hydrogen-bond donors (Lipinski definition) is 0. The molecule has 0 bridgehead atoms. The zero-order valence-electron chi connectivity index (χ0n) is 7.20. The molecule has 0 saturated heterocycles. The third kappa shape index (κ3) is 2.70. The fraction of sp³-hybridized carbons (Fsp3) is 0.444. The maximum absolute atomic E-state index is 5.51. The molecule has 2 nitrogen and oxygen atoms in total. The van der Waals surface area contributed by atoms with Gasteiger partial charge in [0.05, 0.1) is 6.20 Å². The van der Waals surface area contributed by atoms with Crippen LogP contribution in [0.25, 0.3) is 6.08 Å². The van der Waals surface area contributed by atoms with Crippen molar-refractivity contribution in [3.63, 3.8) is 0 Å². The summed E-state index contributed by atoms with van der Waals surface area (Å²) in [6.07, 6.45) is 8.87. The first kappa shape index (κ1) is 9.33. The van der Waals surface area contributed by atoms with Gasteiger partial charge < -0.3 is 0 Å². The summed E-state index contributed by atoms with van der Waals surface area (Å²) in [5.41, 5.74) is 1.11. The Morgan fingerprint density at radius 2 is 2.50 bits per heavy atom. The molecule has 0 aliphatic carbocycles. The summed E-state index contributed by atoms with van der Waals surface area (Å²) in [5, 5.41) is 4.18. The average molecular weight is 185 g/mol. The van der Waals surface area contributed by atoms with E-state index in [9.17, 15) is 0 Å². The molecule has 0 aliphatic heterocycles. The summed E-state index contributed by atoms with van der Waals surface area (Å²) < 4.78 is 1.94. The van der Waals surface area contributed by atoms with Crippen molar-refractivity contribution in [2.24, 2.45) is 0 Å². The van der Waals surface area contributed by atoms with Crippen molar-refractivity contribution in [1.82, 2.24) is 9.78 Å². The zero-order valence-corrected chi connectivity index (χ0v) is 7.96. The van der Waals surface area contributed by atoms with Gasteiger partial charge in [-0.15, -0.1) is 11.6 Å². The smallest absolute Gasteiger partial charge is 0.0562 e. The summed E-state index contributed by atoms with van der Waals surface area (Å²) >= 11 is 5.51. The van der Waals surface area contributed by atoms with E-state index in [1.54, 1.807) is 0 Å². The molecule has 0 aromatic carbocycles. The van der Waals surface area contributed by atoms with Gasteiger partial charge in [0.25, 0.3) is 0 Å². The van der Waals surface area contributed by atoms with Gasteiger partial charge in [0.1, 0.15) is 0 Å². The molecule has 12 heavy (non-hydrogen) atoms. The van der Waals surface area contributed by atoms with Crippen molar-refractivity contribution < 1.29 is 0 Å². The fourth-order valence-corrected chi connectivity index (χ4v) is 1.09. The van der Waals surface area contributed by atoms with E-state index in [1.165, 1.54) is 0 Å². The molecular weight excluding hydrogens is 172 g/mol. The van der Waals surface area contributed by atoms with Gasteiger partial charge in [-0.1, -0.05) is 19.1 Å². The number of nitrogens with zero attached hydrogens (tertiary/aromatic N) is 2. The first-order valence-corrected chi connectivity index (χ1v) is 4.65. The lowest BCUT2D eigenvalue weighted by molar-refractivity contribution is 0.602. The highest BCUT2D eigenvalue weighted by atomic mass is 35.5. The summed E-state index contributed by atoms with van der Waals surface area (Å²) in [4.78, 5) is 0. The van der Waals surface area contributed by atoms with Crippen molar-refractivity contribution in [1.29, 1.82) is 0 Å². The largest absolute Gasteiger partial charge is 0.272 e. The van der Waals surface area contributed by atoms with Gasteiger partial charge in [-0.25, -0.2) is 0 Å². The van der Waals surface area contributed by atoms with Gasteiger partial charge in [0, 0.05) is 24.2 Å². The van der Waals surface area contributed by atoms with E-state index < -0.39 is 0 Å². The van der Waals surface area contributed by atoms with Crippen LogP contribution in [0.5, 0.6) is 0 Å². The van der Waals surface area contributed by atoms with Crippen LogP contribution in [0.4, 0.5) is 0 Å². The minimum absolute atomic E-state index is 0.555. The molecule has 0 amide bonds. The number of hydrogen-bond acceptors (Lipinski definition) is 1. The molecule has 0 unspecified atom stereocenters. The summed E-state index contributed by atoms with van der Waals surface area (Å²) in [6.45, 7) is 3.12. The molecule has 3 heteroatoms. The Bertz CT molecular complexity index is 253. The third-order valence-electron chi connectivity index (χ3n) is 1.51. The van der Waals surface area contributed by atoms with Crippen LogP contribution in [0.1, 0.15) is 18.9 Å². The molecule has 66 valence electrons. The maximum Gasteiger partial charge on any atom is 0.0562 e. The molecule has 0 spiro atoms. The molecule has 1 aromatic rings. The van der Waals surface area contributed by atoms with Crippen molar-refractivity contribution in [2.45, 2.75) is 19.9 Å². The van der Waals surface area contributed by atoms with E-state index in [0.29, 0.717) is 5.88 Å². The Kier molecular flexibility index (Phi) is 3.88. The Balaban J connectivity index is 2.57. The quantitative estimate of drug-likeness (QED) is 0.658. The number of rotatable bonds is 4. The first-order valence-electron chi connectivity index (χ1n) is 4.11. The van der Waals surface area contributed by atoms with E-state index in [1.807, 2.05) is 29.2 Å². The molecule has 1 aromatic heterocycles. The van der Waals surface area contributed by atoms with Crippen LogP contribution in [0, 0.1) is 0 Å². The average Bonchev–Trinajstić information content (AvgIpc) is 2.50. The molecule has 1 heterocycles. The highest BCUT2D eigenvalue weighted by Gasteiger charge is 1.92. The molecule has 1 rings (SSSR count). The number of allylic oxidation sites excluding steroid dienone is 1. The van der Waals surface area contributed by atoms with Gasteiger partial charge >= 0.3 is 0 Å². The highest BCUT2D eigenvalue weighted by molar-refractivity contribution is 6.19. The number of alkyl halides is 1. The predicted octanol–water partition coefficient (Wildman–Crippen LogP) is 2.55. The second-order valence-corrected chi connectivity index (χ2v) is 2.90. The van der Waals surface area contributed by atoms with E-state index >= 15 is 0 Å². The summed E-state index contributed by atoms with van der Waals surface area (Å²) in [5.74, 6) is 0.555. The van der Waals surface area contributed by atoms with Crippen LogP contribution in [-0.4, -0.2) is 15.7 Å². The molecule has 0 atom stereocenters. The number of aryl methyl sites for hydroxylation is 1. The van der Waals surface area contributed by atoms with Crippen LogP contribution >= 0.6 is 11.6 Å². The van der Waals surface area contributed by atoms with Crippen molar-refractivity contribution >= 4 is 17.7 Å². The van der Waals surface area contributed by atoms with Crippen LogP contribution in [-0.2, 0) is 6.54 Å². The molecule has 0 radical (unpaired) electrons. The van der Waals surface area contributed by atoms with Gasteiger partial charge in [-0.3, -0.25) is 4.68 Å². The lowest BCUT2D eigenvalue weighted by atomic mass is 10.3. The molecule has 0 saturated carbocycles. The number of aromatic nitrogens is 2. The molecule has 0 N–H and O–H groups in total. The van der Waals surface area contributed by atoms with Crippen LogP contribution in [0.15, 0.2) is 18.5 Å². The second-order valence-electron chi connectivity index (χ2n) is 2.59. The van der Waals surface area contributed by atoms with E-state index in [-0.39, 0.29) is 0 Å². The SMILES string of the molecule is CCCn1cc(/C=C/CCl)cn1. The predicted molar refractivity (Wildman–Crippen MR) is 52.3 cm³/mol. The highest BCUT2D eigenvalue weighted by Crippen LogP contribution is 2.01. The molecule has 0 aliphatic rings. The lowest BCUT2D eigenvalue weighted by Gasteiger charge is -1.93. The first-order chi connectivity index (χ1) is 5.86. The van der Waals surface area contributed by atoms with Gasteiger partial charge in [-0.05, 0) is 6.42 Å². The summed E-state index contributed by atoms with van der Waals surface area (Å²) in [6, 6.07) is 0. The van der Waals surface area contributed by atoms with Gasteiger partial charge in [0.2, 0.25) is 0 Å². The topological polar surface area (TPSA) is 17.8 Å². The van der Waals surface area contributed by atoms with Crippen molar-refractivity contribution in [2.75, 3.05) is 5.88 Å². The Labute approximate surface area is 77.8 Å². The summed E-state index contributed by atoms with van der Waals surface area (Å²) in [7, 11) is 0. The van der Waals surface area contributed by atoms with E-state index in [0.717, 1.165) is 18.5 Å². The fourth-order valence-electron chi connectivity index (χ4n) is 0.998. The Hall–Kier alpha value is -0.760. The van der Waals surface area contributed by atoms with Gasteiger partial charge in [-0.2, -0.15) is 5.10 Å². The Morgan fingerprint density at radius 3 is 3.17 bits per heavy atom. The third-order valence-corrected chi connectivity index (χ3v) is 1.68. The van der Waals surface area contributed by atoms with Crippen LogP contribution in [0.2, 0.25) is 0 Å². The van der Waals surface area contributed by atoms with E-state index in [2.05, 4.69) is 12.0 Å².